The molecule has 1 aliphatic rings. The molecule has 1 aromatic carbocycles. The van der Waals surface area contributed by atoms with E-state index in [0.717, 1.165) is 29.3 Å². The van der Waals surface area contributed by atoms with E-state index in [1.165, 1.54) is 6.42 Å². The van der Waals surface area contributed by atoms with Gasteiger partial charge in [-0.1, -0.05) is 44.9 Å². The second-order valence-corrected chi connectivity index (χ2v) is 7.14. The van der Waals surface area contributed by atoms with Crippen LogP contribution >= 0.6 is 0 Å². The number of rotatable bonds is 5. The lowest BCUT2D eigenvalue weighted by molar-refractivity contribution is -0.148. The predicted octanol–water partition coefficient (Wildman–Crippen LogP) is 3.19. The lowest BCUT2D eigenvalue weighted by Gasteiger charge is -2.34. The van der Waals surface area contributed by atoms with Gasteiger partial charge in [0.25, 0.3) is 5.91 Å². The molecule has 0 radical (unpaired) electrons. The maximum absolute atomic E-state index is 12.1. The lowest BCUT2D eigenvalue weighted by atomic mass is 9.78. The molecule has 1 aromatic heterocycles. The second kappa shape index (κ2) is 7.72. The molecular formula is C20H26N2O3. The first kappa shape index (κ1) is 17.5. The van der Waals surface area contributed by atoms with Crippen molar-refractivity contribution >= 4 is 22.8 Å². The summed E-state index contributed by atoms with van der Waals surface area (Å²) in [4.78, 5) is 27.3. The molecule has 0 aliphatic heterocycles. The first-order chi connectivity index (χ1) is 12.0. The number of nitrogens with one attached hydrogen (secondary N) is 2. The molecule has 1 aliphatic carbocycles. The topological polar surface area (TPSA) is 71.2 Å². The maximum atomic E-state index is 12.1. The van der Waals surface area contributed by atoms with Crippen LogP contribution in [0.1, 0.15) is 38.7 Å². The standard InChI is InChI=1S/C20H26N2O3/c1-13-6-5-9-17(14(13)2)22-19(23)12-25-20(24)10-15-11-21-18-8-4-3-7-16(15)18/h3-4,7-8,11,13-14,17,21H,5-6,9-10,12H2,1-2H3,(H,22,23)/t13-,14+,17-/m1/s1. The number of ether oxygens (including phenoxy) is 1. The van der Waals surface area contributed by atoms with Gasteiger partial charge in [-0.25, -0.2) is 0 Å². The molecule has 0 spiro atoms. The summed E-state index contributed by atoms with van der Waals surface area (Å²) in [7, 11) is 0. The van der Waals surface area contributed by atoms with Crippen molar-refractivity contribution in [3.05, 3.63) is 36.0 Å². The van der Waals surface area contributed by atoms with Crippen LogP contribution in [-0.4, -0.2) is 29.5 Å². The van der Waals surface area contributed by atoms with Gasteiger partial charge in [-0.2, -0.15) is 0 Å². The molecule has 1 heterocycles. The molecule has 3 atom stereocenters. The van der Waals surface area contributed by atoms with Crippen molar-refractivity contribution < 1.29 is 14.3 Å². The highest BCUT2D eigenvalue weighted by Crippen LogP contribution is 2.29. The largest absolute Gasteiger partial charge is 0.455 e. The SMILES string of the molecule is C[C@H]1[C@H](C)CCC[C@H]1NC(=O)COC(=O)Cc1c[nH]c2ccccc12. The summed E-state index contributed by atoms with van der Waals surface area (Å²) in [6, 6.07) is 7.99. The lowest BCUT2D eigenvalue weighted by Crippen LogP contribution is -2.45. The van der Waals surface area contributed by atoms with Crippen molar-refractivity contribution in [3.63, 3.8) is 0 Å². The number of benzene rings is 1. The molecule has 2 aromatic rings. The minimum atomic E-state index is -0.384. The van der Waals surface area contributed by atoms with E-state index in [4.69, 9.17) is 4.74 Å². The number of carbonyl (C=O) groups excluding carboxylic acids is 2. The first-order valence-electron chi connectivity index (χ1n) is 9.04. The number of H-pyrrole nitrogens is 1. The van der Waals surface area contributed by atoms with Crippen LogP contribution in [0.5, 0.6) is 0 Å². The summed E-state index contributed by atoms with van der Waals surface area (Å²) in [6.45, 7) is 4.20. The summed E-state index contributed by atoms with van der Waals surface area (Å²) in [6.07, 6.45) is 5.33. The van der Waals surface area contributed by atoms with E-state index in [1.54, 1.807) is 0 Å². The third kappa shape index (κ3) is 4.21. The zero-order valence-electron chi connectivity index (χ0n) is 14.9. The van der Waals surface area contributed by atoms with Crippen molar-refractivity contribution in [2.75, 3.05) is 6.61 Å². The first-order valence-corrected chi connectivity index (χ1v) is 9.04. The average Bonchev–Trinajstić information content (AvgIpc) is 3.00. The Morgan fingerprint density at radius 1 is 1.24 bits per heavy atom. The van der Waals surface area contributed by atoms with Gasteiger partial charge in [0, 0.05) is 23.1 Å². The number of hydrogen-bond acceptors (Lipinski definition) is 3. The summed E-state index contributed by atoms with van der Waals surface area (Å²) in [5.74, 6) is 0.478. The van der Waals surface area contributed by atoms with Gasteiger partial charge in [-0.3, -0.25) is 9.59 Å². The van der Waals surface area contributed by atoms with Crippen molar-refractivity contribution in [1.29, 1.82) is 0 Å². The van der Waals surface area contributed by atoms with Gasteiger partial charge in [0.15, 0.2) is 6.61 Å². The van der Waals surface area contributed by atoms with Crippen LogP contribution < -0.4 is 5.32 Å². The van der Waals surface area contributed by atoms with E-state index in [0.29, 0.717) is 11.8 Å². The van der Waals surface area contributed by atoms with Crippen LogP contribution in [0.15, 0.2) is 30.5 Å². The molecule has 25 heavy (non-hydrogen) atoms. The highest BCUT2D eigenvalue weighted by Gasteiger charge is 2.28. The molecule has 1 saturated carbocycles. The van der Waals surface area contributed by atoms with Crippen LogP contribution in [0.3, 0.4) is 0 Å². The smallest absolute Gasteiger partial charge is 0.310 e. The Hall–Kier alpha value is -2.30. The Balaban J connectivity index is 1.48. The molecule has 5 heteroatoms. The van der Waals surface area contributed by atoms with Crippen LogP contribution in [0, 0.1) is 11.8 Å². The highest BCUT2D eigenvalue weighted by atomic mass is 16.5. The molecule has 0 bridgehead atoms. The normalized spacial score (nSPS) is 23.4. The average molecular weight is 342 g/mol. The van der Waals surface area contributed by atoms with E-state index in [1.807, 2.05) is 30.5 Å². The molecule has 0 saturated heterocycles. The van der Waals surface area contributed by atoms with Crippen molar-refractivity contribution in [2.24, 2.45) is 11.8 Å². The number of para-hydroxylation sites is 1. The van der Waals surface area contributed by atoms with Crippen LogP contribution in [0.25, 0.3) is 10.9 Å². The Labute approximate surface area is 148 Å². The van der Waals surface area contributed by atoms with Gasteiger partial charge in [0.2, 0.25) is 0 Å². The summed E-state index contributed by atoms with van der Waals surface area (Å²) in [5, 5.41) is 4.03. The molecule has 2 N–H and O–H groups in total. The van der Waals surface area contributed by atoms with E-state index < -0.39 is 0 Å². The predicted molar refractivity (Wildman–Crippen MR) is 97.1 cm³/mol. The third-order valence-corrected chi connectivity index (χ3v) is 5.43. The fraction of sp³-hybridized carbons (Fsp3) is 0.500. The molecule has 5 nitrogen and oxygen atoms in total. The molecule has 3 rings (SSSR count). The number of aromatic amines is 1. The third-order valence-electron chi connectivity index (χ3n) is 5.43. The van der Waals surface area contributed by atoms with Crippen molar-refractivity contribution in [1.82, 2.24) is 10.3 Å². The van der Waals surface area contributed by atoms with Gasteiger partial charge in [-0.15, -0.1) is 0 Å². The molecule has 134 valence electrons. The molecule has 1 amide bonds. The van der Waals surface area contributed by atoms with E-state index in [9.17, 15) is 9.59 Å². The Bertz CT molecular complexity index is 752. The fourth-order valence-electron chi connectivity index (χ4n) is 3.66. The van der Waals surface area contributed by atoms with Crippen LogP contribution in [0.2, 0.25) is 0 Å². The number of fused-ring (bicyclic) bond motifs is 1. The second-order valence-electron chi connectivity index (χ2n) is 7.14. The van der Waals surface area contributed by atoms with Gasteiger partial charge in [0.05, 0.1) is 6.42 Å². The zero-order chi connectivity index (χ0) is 17.8. The quantitative estimate of drug-likeness (QED) is 0.820. The zero-order valence-corrected chi connectivity index (χ0v) is 14.9. The monoisotopic (exact) mass is 342 g/mol. The van der Waals surface area contributed by atoms with Gasteiger partial charge in [0.1, 0.15) is 0 Å². The van der Waals surface area contributed by atoms with Gasteiger partial charge < -0.3 is 15.0 Å². The van der Waals surface area contributed by atoms with Crippen LogP contribution in [0.4, 0.5) is 0 Å². The van der Waals surface area contributed by atoms with E-state index in [2.05, 4.69) is 24.1 Å². The number of aromatic nitrogens is 1. The Morgan fingerprint density at radius 2 is 2.04 bits per heavy atom. The molecule has 0 unspecified atom stereocenters. The van der Waals surface area contributed by atoms with E-state index in [-0.39, 0.29) is 30.9 Å². The minimum absolute atomic E-state index is 0.161. The minimum Gasteiger partial charge on any atom is -0.455 e. The number of amides is 1. The Kier molecular flexibility index (Phi) is 5.41. The molecular weight excluding hydrogens is 316 g/mol. The highest BCUT2D eigenvalue weighted by molar-refractivity contribution is 5.88. The van der Waals surface area contributed by atoms with Gasteiger partial charge in [-0.05, 0) is 29.9 Å². The molecule has 1 fully saturated rings. The van der Waals surface area contributed by atoms with Crippen LogP contribution in [-0.2, 0) is 20.7 Å². The van der Waals surface area contributed by atoms with E-state index >= 15 is 0 Å². The maximum Gasteiger partial charge on any atom is 0.310 e. The summed E-state index contributed by atoms with van der Waals surface area (Å²) >= 11 is 0. The number of hydrogen-bond donors (Lipinski definition) is 2. The number of esters is 1. The van der Waals surface area contributed by atoms with Crippen molar-refractivity contribution in [3.8, 4) is 0 Å². The van der Waals surface area contributed by atoms with Gasteiger partial charge >= 0.3 is 5.97 Å². The fourth-order valence-corrected chi connectivity index (χ4v) is 3.66. The number of carbonyl (C=O) groups is 2. The summed E-state index contributed by atoms with van der Waals surface area (Å²) < 4.78 is 5.16. The Morgan fingerprint density at radius 3 is 2.88 bits per heavy atom. The summed E-state index contributed by atoms with van der Waals surface area (Å²) in [5.41, 5.74) is 1.87. The van der Waals surface area contributed by atoms with Crippen molar-refractivity contribution in [2.45, 2.75) is 45.6 Å².